The summed E-state index contributed by atoms with van der Waals surface area (Å²) in [7, 11) is 1.65. The van der Waals surface area contributed by atoms with Gasteiger partial charge in [0, 0.05) is 0 Å². The first-order valence-electron chi connectivity index (χ1n) is 10.8. The Morgan fingerprint density at radius 1 is 0.906 bits per heavy atom. The lowest BCUT2D eigenvalue weighted by Gasteiger charge is -2.14. The SMILES string of the molecule is C/C=C\c1ccc(OCc2nc3ccccc3n2CCOc2ccccc2C)c(OC)c1. The molecule has 1 heterocycles. The first-order chi connectivity index (χ1) is 15.7. The van der Waals surface area contributed by atoms with Crippen LogP contribution in [0.1, 0.15) is 23.9 Å². The van der Waals surface area contributed by atoms with Crippen molar-refractivity contribution >= 4 is 17.1 Å². The maximum Gasteiger partial charge on any atom is 0.161 e. The maximum atomic E-state index is 6.13. The Kier molecular flexibility index (Phi) is 6.75. The van der Waals surface area contributed by atoms with Gasteiger partial charge in [-0.25, -0.2) is 4.98 Å². The minimum absolute atomic E-state index is 0.332. The molecule has 1 aromatic heterocycles. The molecule has 0 bridgehead atoms. The van der Waals surface area contributed by atoms with Crippen molar-refractivity contribution < 1.29 is 14.2 Å². The van der Waals surface area contributed by atoms with E-state index in [0.29, 0.717) is 31.3 Å². The van der Waals surface area contributed by atoms with Crippen molar-refractivity contribution in [1.82, 2.24) is 9.55 Å². The Morgan fingerprint density at radius 3 is 2.53 bits per heavy atom. The van der Waals surface area contributed by atoms with Gasteiger partial charge in [-0.1, -0.05) is 48.6 Å². The van der Waals surface area contributed by atoms with Crippen molar-refractivity contribution in [3.05, 3.63) is 89.8 Å². The Morgan fingerprint density at radius 2 is 1.72 bits per heavy atom. The van der Waals surface area contributed by atoms with Crippen molar-refractivity contribution in [3.63, 3.8) is 0 Å². The van der Waals surface area contributed by atoms with Crippen LogP contribution in [0.25, 0.3) is 17.1 Å². The molecule has 0 radical (unpaired) electrons. The second kappa shape index (κ2) is 10.1. The average molecular weight is 429 g/mol. The van der Waals surface area contributed by atoms with E-state index in [9.17, 15) is 0 Å². The summed E-state index contributed by atoms with van der Waals surface area (Å²) in [6.07, 6.45) is 4.02. The largest absolute Gasteiger partial charge is 0.493 e. The van der Waals surface area contributed by atoms with Crippen LogP contribution < -0.4 is 14.2 Å². The van der Waals surface area contributed by atoms with Crippen LogP contribution in [0, 0.1) is 6.92 Å². The Bertz CT molecular complexity index is 1230. The molecule has 5 heteroatoms. The monoisotopic (exact) mass is 428 g/mol. The number of fused-ring (bicyclic) bond motifs is 1. The molecule has 0 aliphatic rings. The van der Waals surface area contributed by atoms with E-state index in [0.717, 1.165) is 33.7 Å². The molecule has 0 aliphatic carbocycles. The van der Waals surface area contributed by atoms with Crippen LogP contribution in [-0.2, 0) is 13.2 Å². The highest BCUT2D eigenvalue weighted by Crippen LogP contribution is 2.29. The summed E-state index contributed by atoms with van der Waals surface area (Å²) in [6, 6.07) is 22.1. The molecular formula is C27H28N2O3. The zero-order chi connectivity index (χ0) is 22.3. The van der Waals surface area contributed by atoms with Crippen LogP contribution in [0.2, 0.25) is 0 Å². The highest BCUT2D eigenvalue weighted by atomic mass is 16.5. The Labute approximate surface area is 188 Å². The predicted octanol–water partition coefficient (Wildman–Crippen LogP) is 6.04. The number of para-hydroxylation sites is 3. The number of rotatable bonds is 9. The molecule has 4 aromatic rings. The third-order valence-electron chi connectivity index (χ3n) is 5.30. The minimum Gasteiger partial charge on any atom is -0.493 e. The van der Waals surface area contributed by atoms with Gasteiger partial charge in [0.15, 0.2) is 11.5 Å². The fourth-order valence-corrected chi connectivity index (χ4v) is 3.69. The standard InChI is InChI=1S/C27H28N2O3/c1-4-9-21-14-15-25(26(18-21)30-3)32-19-27-28-22-11-6-7-12-23(22)29(27)16-17-31-24-13-8-5-10-20(24)2/h4-15,18H,16-17,19H2,1-3H3/b9-4-. The molecule has 0 atom stereocenters. The van der Waals surface area contributed by atoms with E-state index in [4.69, 9.17) is 19.2 Å². The highest BCUT2D eigenvalue weighted by Gasteiger charge is 2.13. The number of aryl methyl sites for hydroxylation is 1. The summed E-state index contributed by atoms with van der Waals surface area (Å²) in [6.45, 7) is 5.59. The normalized spacial score (nSPS) is 11.2. The van der Waals surface area contributed by atoms with Gasteiger partial charge in [0.05, 0.1) is 24.7 Å². The van der Waals surface area contributed by atoms with Gasteiger partial charge < -0.3 is 18.8 Å². The maximum absolute atomic E-state index is 6.13. The van der Waals surface area contributed by atoms with E-state index in [2.05, 4.69) is 23.6 Å². The summed E-state index contributed by atoms with van der Waals surface area (Å²) >= 11 is 0. The smallest absolute Gasteiger partial charge is 0.161 e. The molecule has 0 amide bonds. The highest BCUT2D eigenvalue weighted by molar-refractivity contribution is 5.75. The molecule has 164 valence electrons. The lowest BCUT2D eigenvalue weighted by molar-refractivity contribution is 0.261. The minimum atomic E-state index is 0.332. The van der Waals surface area contributed by atoms with Crippen molar-refractivity contribution in [2.75, 3.05) is 13.7 Å². The van der Waals surface area contributed by atoms with E-state index in [1.165, 1.54) is 0 Å². The molecule has 0 aliphatic heterocycles. The van der Waals surface area contributed by atoms with Gasteiger partial charge in [-0.15, -0.1) is 0 Å². The molecule has 32 heavy (non-hydrogen) atoms. The second-order valence-corrected chi connectivity index (χ2v) is 7.48. The Hall–Kier alpha value is -3.73. The molecule has 0 spiro atoms. The van der Waals surface area contributed by atoms with Crippen LogP contribution in [0.3, 0.4) is 0 Å². The first-order valence-corrected chi connectivity index (χ1v) is 10.8. The average Bonchev–Trinajstić information content (AvgIpc) is 3.17. The third kappa shape index (κ3) is 4.78. The molecular weight excluding hydrogens is 400 g/mol. The van der Waals surface area contributed by atoms with E-state index >= 15 is 0 Å². The van der Waals surface area contributed by atoms with E-state index in [-0.39, 0.29) is 0 Å². The van der Waals surface area contributed by atoms with E-state index in [1.54, 1.807) is 7.11 Å². The number of aromatic nitrogens is 2. The number of ether oxygens (including phenoxy) is 3. The quantitative estimate of drug-likeness (QED) is 0.326. The van der Waals surface area contributed by atoms with Gasteiger partial charge in [0.25, 0.3) is 0 Å². The summed E-state index contributed by atoms with van der Waals surface area (Å²) in [4.78, 5) is 4.80. The van der Waals surface area contributed by atoms with E-state index in [1.807, 2.05) is 73.7 Å². The molecule has 0 saturated heterocycles. The number of allylic oxidation sites excluding steroid dienone is 1. The van der Waals surface area contributed by atoms with Crippen LogP contribution in [0.5, 0.6) is 17.2 Å². The molecule has 0 fully saturated rings. The van der Waals surface area contributed by atoms with Gasteiger partial charge in [-0.05, 0) is 55.3 Å². The van der Waals surface area contributed by atoms with Crippen LogP contribution in [-0.4, -0.2) is 23.3 Å². The van der Waals surface area contributed by atoms with Crippen molar-refractivity contribution in [2.45, 2.75) is 27.0 Å². The van der Waals surface area contributed by atoms with Crippen molar-refractivity contribution in [2.24, 2.45) is 0 Å². The summed E-state index contributed by atoms with van der Waals surface area (Å²) < 4.78 is 19.9. The lowest BCUT2D eigenvalue weighted by Crippen LogP contribution is -2.13. The van der Waals surface area contributed by atoms with Crippen LogP contribution in [0.15, 0.2) is 72.8 Å². The fourth-order valence-electron chi connectivity index (χ4n) is 3.69. The van der Waals surface area contributed by atoms with Crippen molar-refractivity contribution in [3.8, 4) is 17.2 Å². The Balaban J connectivity index is 1.53. The fraction of sp³-hybridized carbons (Fsp3) is 0.222. The number of methoxy groups -OCH3 is 1. The van der Waals surface area contributed by atoms with Gasteiger partial charge >= 0.3 is 0 Å². The molecule has 0 unspecified atom stereocenters. The predicted molar refractivity (Wildman–Crippen MR) is 128 cm³/mol. The molecule has 0 saturated carbocycles. The number of imidazole rings is 1. The van der Waals surface area contributed by atoms with Gasteiger partial charge in [0.1, 0.15) is 24.8 Å². The first kappa shape index (κ1) is 21.5. The van der Waals surface area contributed by atoms with Crippen LogP contribution >= 0.6 is 0 Å². The number of benzene rings is 3. The molecule has 0 N–H and O–H groups in total. The number of hydrogen-bond donors (Lipinski definition) is 0. The van der Waals surface area contributed by atoms with Gasteiger partial charge in [-0.2, -0.15) is 0 Å². The topological polar surface area (TPSA) is 45.5 Å². The summed E-state index contributed by atoms with van der Waals surface area (Å²) in [5.41, 5.74) is 4.20. The summed E-state index contributed by atoms with van der Waals surface area (Å²) in [5.74, 6) is 3.14. The molecule has 4 rings (SSSR count). The number of hydrogen-bond acceptors (Lipinski definition) is 4. The third-order valence-corrected chi connectivity index (χ3v) is 5.30. The molecule has 5 nitrogen and oxygen atoms in total. The van der Waals surface area contributed by atoms with Gasteiger partial charge in [0.2, 0.25) is 0 Å². The number of nitrogens with zero attached hydrogens (tertiary/aromatic N) is 2. The zero-order valence-electron chi connectivity index (χ0n) is 18.7. The van der Waals surface area contributed by atoms with E-state index < -0.39 is 0 Å². The zero-order valence-corrected chi connectivity index (χ0v) is 18.7. The summed E-state index contributed by atoms with van der Waals surface area (Å²) in [5, 5.41) is 0. The second-order valence-electron chi connectivity index (χ2n) is 7.48. The van der Waals surface area contributed by atoms with Crippen LogP contribution in [0.4, 0.5) is 0 Å². The molecule has 3 aromatic carbocycles. The lowest BCUT2D eigenvalue weighted by atomic mass is 10.2. The van der Waals surface area contributed by atoms with Crippen molar-refractivity contribution in [1.29, 1.82) is 0 Å². The van der Waals surface area contributed by atoms with Gasteiger partial charge in [-0.3, -0.25) is 0 Å².